The van der Waals surface area contributed by atoms with Crippen molar-refractivity contribution in [3.63, 3.8) is 0 Å². The molecule has 0 fully saturated rings. The SMILES string of the molecule is c1ccc(N(c2ccccc2)c2ccc3c(c2)N(c2ccccc2)c2cc4c5c6c2B3c2cccc3c2N6c2c(cc6oc7ccccc7c6c2N3c2ccccc2)B5c2ccc(N(c3ccccc3)c3ccccc3)cc2N4c2ccccc2)cc1. The molecule has 5 aliphatic heterocycles. The molecule has 6 heterocycles. The van der Waals surface area contributed by atoms with Gasteiger partial charge in [-0.1, -0.05) is 170 Å². The monoisotopic (exact) mass is 1110 g/mol. The van der Waals surface area contributed by atoms with Crippen molar-refractivity contribution in [1.29, 1.82) is 0 Å². The Morgan fingerprint density at radius 3 is 1.18 bits per heavy atom. The van der Waals surface area contributed by atoms with E-state index in [0.717, 1.165) is 107 Å². The summed E-state index contributed by atoms with van der Waals surface area (Å²) in [5.74, 6) is 0. The van der Waals surface area contributed by atoms with Crippen molar-refractivity contribution < 1.29 is 4.42 Å². The van der Waals surface area contributed by atoms with E-state index >= 15 is 0 Å². The molecule has 404 valence electrons. The summed E-state index contributed by atoms with van der Waals surface area (Å²) in [6, 6.07) is 111. The van der Waals surface area contributed by atoms with Crippen LogP contribution in [0.25, 0.3) is 21.9 Å². The highest BCUT2D eigenvalue weighted by Crippen LogP contribution is 2.61. The second kappa shape index (κ2) is 18.5. The Kier molecular flexibility index (Phi) is 10.2. The average Bonchev–Trinajstić information content (AvgIpc) is 1.24. The summed E-state index contributed by atoms with van der Waals surface area (Å²) in [6.45, 7) is -0.380. The first-order valence-electron chi connectivity index (χ1n) is 30.0. The minimum atomic E-state index is -0.224. The highest BCUT2D eigenvalue weighted by molar-refractivity contribution is 7.05. The summed E-state index contributed by atoms with van der Waals surface area (Å²) >= 11 is 0. The third kappa shape index (κ3) is 6.85. The highest BCUT2D eigenvalue weighted by Gasteiger charge is 2.55. The Balaban J connectivity index is 0.973. The predicted molar refractivity (Wildman–Crippen MR) is 365 cm³/mol. The number of furan rings is 1. The third-order valence-electron chi connectivity index (χ3n) is 18.6. The zero-order chi connectivity index (χ0) is 56.8. The van der Waals surface area contributed by atoms with Gasteiger partial charge in [-0.15, -0.1) is 0 Å². The van der Waals surface area contributed by atoms with Gasteiger partial charge in [0.1, 0.15) is 11.2 Å². The van der Waals surface area contributed by atoms with Crippen molar-refractivity contribution >= 4 is 171 Å². The third-order valence-corrected chi connectivity index (χ3v) is 18.6. The van der Waals surface area contributed by atoms with Gasteiger partial charge < -0.3 is 33.8 Å². The maximum atomic E-state index is 7.16. The Hall–Kier alpha value is -11.4. The smallest absolute Gasteiger partial charge is 0.252 e. The molecule has 0 N–H and O–H groups in total. The number of fused-ring (bicyclic) bond motifs is 10. The van der Waals surface area contributed by atoms with Crippen LogP contribution in [-0.4, -0.2) is 13.4 Å². The Labute approximate surface area is 504 Å². The van der Waals surface area contributed by atoms with Gasteiger partial charge in [-0.25, -0.2) is 0 Å². The van der Waals surface area contributed by atoms with Crippen molar-refractivity contribution in [2.24, 2.45) is 0 Å². The molecule has 7 nitrogen and oxygen atoms in total. The molecule has 0 radical (unpaired) electrons. The highest BCUT2D eigenvalue weighted by atomic mass is 16.3. The molecule has 14 aromatic rings. The lowest BCUT2D eigenvalue weighted by Gasteiger charge is -2.54. The normalized spacial score (nSPS) is 13.4. The molecule has 1 aromatic heterocycles. The molecular weight excluding hydrogens is 1060 g/mol. The van der Waals surface area contributed by atoms with E-state index < -0.39 is 0 Å². The summed E-state index contributed by atoms with van der Waals surface area (Å²) in [5, 5.41) is 2.19. The van der Waals surface area contributed by atoms with Gasteiger partial charge in [0.05, 0.1) is 28.1 Å². The number of benzene rings is 13. The largest absolute Gasteiger partial charge is 0.456 e. The van der Waals surface area contributed by atoms with Crippen LogP contribution in [-0.2, 0) is 0 Å². The summed E-state index contributed by atoms with van der Waals surface area (Å²) in [4.78, 5) is 15.2. The maximum absolute atomic E-state index is 7.16. The van der Waals surface area contributed by atoms with Crippen molar-refractivity contribution in [2.75, 3.05) is 29.4 Å². The van der Waals surface area contributed by atoms with E-state index in [4.69, 9.17) is 4.42 Å². The molecule has 0 amide bonds. The number of hydrogen-bond donors (Lipinski definition) is 0. The van der Waals surface area contributed by atoms with Gasteiger partial charge in [0.25, 0.3) is 13.4 Å². The molecule has 0 saturated carbocycles. The summed E-state index contributed by atoms with van der Waals surface area (Å²) in [6.07, 6.45) is 0. The van der Waals surface area contributed by atoms with Gasteiger partial charge in [-0.2, -0.15) is 0 Å². The molecule has 0 bridgehead atoms. The Morgan fingerprint density at radius 2 is 0.690 bits per heavy atom. The molecule has 0 unspecified atom stereocenters. The van der Waals surface area contributed by atoms with E-state index in [1.165, 1.54) is 49.8 Å². The van der Waals surface area contributed by atoms with Gasteiger partial charge in [-0.05, 0) is 166 Å². The number of para-hydroxylation sites is 9. The molecule has 19 rings (SSSR count). The molecule has 0 spiro atoms. The zero-order valence-electron chi connectivity index (χ0n) is 47.1. The molecule has 87 heavy (non-hydrogen) atoms. The summed E-state index contributed by atoms with van der Waals surface area (Å²) < 4.78 is 7.16. The van der Waals surface area contributed by atoms with Crippen LogP contribution in [0.15, 0.2) is 308 Å². The fourth-order valence-electron chi connectivity index (χ4n) is 15.3. The van der Waals surface area contributed by atoms with Gasteiger partial charge in [0.2, 0.25) is 0 Å². The molecule has 9 heteroatoms. The van der Waals surface area contributed by atoms with Crippen LogP contribution in [0.3, 0.4) is 0 Å². The maximum Gasteiger partial charge on any atom is 0.252 e. The van der Waals surface area contributed by atoms with Crippen LogP contribution in [0, 0.1) is 0 Å². The van der Waals surface area contributed by atoms with Crippen LogP contribution < -0.4 is 62.2 Å². The molecule has 0 atom stereocenters. The van der Waals surface area contributed by atoms with Crippen LogP contribution >= 0.6 is 0 Å². The van der Waals surface area contributed by atoms with Crippen molar-refractivity contribution in [3.05, 3.63) is 303 Å². The van der Waals surface area contributed by atoms with Gasteiger partial charge >= 0.3 is 0 Å². The first-order chi connectivity index (χ1) is 43.2. The Bertz CT molecular complexity index is 5010. The molecular formula is C78H50B2N6O. The standard InChI is InChI=1S/C78H50B2N6O/c1-8-25-51(26-9-1)81(52-27-10-2-11-28-52)58-43-45-61-66(47-58)83(55-33-16-5-17-34-55)68-50-69-74-78-73(68)79(61)63-40-24-41-65-75(63)86(78)76-64(49-71-72(60-39-22-23-42-70(60)87-71)77(76)85(65)57-37-20-7-21-38-57)80(74)62-46-44-59(48-67(62)84(69)56-35-18-6-19-36-56)82(53-29-12-3-13-30-53)54-31-14-4-15-32-54/h1-50H. The van der Waals surface area contributed by atoms with Crippen molar-refractivity contribution in [2.45, 2.75) is 0 Å². The van der Waals surface area contributed by atoms with E-state index in [1.54, 1.807) is 0 Å². The number of anilines is 18. The van der Waals surface area contributed by atoms with Crippen LogP contribution in [0.2, 0.25) is 0 Å². The van der Waals surface area contributed by atoms with Crippen molar-refractivity contribution in [3.8, 4) is 0 Å². The first kappa shape index (κ1) is 48.0. The minimum Gasteiger partial charge on any atom is -0.456 e. The predicted octanol–water partition coefficient (Wildman–Crippen LogP) is 17.0. The van der Waals surface area contributed by atoms with Gasteiger partial charge in [-0.3, -0.25) is 0 Å². The first-order valence-corrected chi connectivity index (χ1v) is 30.0. The molecule has 5 aliphatic rings. The lowest BCUT2D eigenvalue weighted by molar-refractivity contribution is 0.669. The second-order valence-corrected chi connectivity index (χ2v) is 23.2. The van der Waals surface area contributed by atoms with Gasteiger partial charge in [0.15, 0.2) is 0 Å². The Morgan fingerprint density at radius 1 is 0.253 bits per heavy atom. The van der Waals surface area contributed by atoms with E-state index in [9.17, 15) is 0 Å². The number of hydrogen-bond acceptors (Lipinski definition) is 7. The quantitative estimate of drug-likeness (QED) is 0.133. The van der Waals surface area contributed by atoms with Crippen LogP contribution in [0.5, 0.6) is 0 Å². The van der Waals surface area contributed by atoms with Crippen molar-refractivity contribution in [1.82, 2.24) is 0 Å². The lowest BCUT2D eigenvalue weighted by atomic mass is 9.28. The minimum absolute atomic E-state index is 0.156. The number of rotatable bonds is 9. The van der Waals surface area contributed by atoms with E-state index in [2.05, 4.69) is 333 Å². The topological polar surface area (TPSA) is 32.6 Å². The fourth-order valence-corrected chi connectivity index (χ4v) is 15.3. The summed E-state index contributed by atoms with van der Waals surface area (Å²) in [5.41, 5.74) is 29.4. The van der Waals surface area contributed by atoms with E-state index in [-0.39, 0.29) is 13.4 Å². The zero-order valence-corrected chi connectivity index (χ0v) is 47.1. The second-order valence-electron chi connectivity index (χ2n) is 23.2. The lowest BCUT2D eigenvalue weighted by Crippen LogP contribution is -2.69. The van der Waals surface area contributed by atoms with E-state index in [0.29, 0.717) is 0 Å². The summed E-state index contributed by atoms with van der Waals surface area (Å²) in [7, 11) is 0. The molecule has 0 saturated heterocycles. The fraction of sp³-hybridized carbons (Fsp3) is 0. The van der Waals surface area contributed by atoms with E-state index in [1.807, 2.05) is 0 Å². The average molecular weight is 1110 g/mol. The van der Waals surface area contributed by atoms with Crippen LogP contribution in [0.4, 0.5) is 102 Å². The van der Waals surface area contributed by atoms with Crippen LogP contribution in [0.1, 0.15) is 0 Å². The van der Waals surface area contributed by atoms with Gasteiger partial charge in [0, 0.05) is 85.0 Å². The molecule has 0 aliphatic carbocycles. The molecule has 13 aromatic carbocycles. The number of nitrogens with zero attached hydrogens (tertiary/aromatic N) is 6.